The Bertz CT molecular complexity index is 1010. The Morgan fingerprint density at radius 1 is 1.20 bits per heavy atom. The van der Waals surface area contributed by atoms with E-state index in [0.29, 0.717) is 64.7 Å². The van der Waals surface area contributed by atoms with Gasteiger partial charge < -0.3 is 39.7 Å². The molecule has 224 valence electrons. The van der Waals surface area contributed by atoms with Crippen LogP contribution in [0.15, 0.2) is 23.8 Å². The molecule has 0 spiro atoms. The summed E-state index contributed by atoms with van der Waals surface area (Å²) in [7, 11) is 1.49. The first-order valence-electron chi connectivity index (χ1n) is 14.1. The molecule has 0 bridgehead atoms. The van der Waals surface area contributed by atoms with Gasteiger partial charge in [-0.3, -0.25) is 9.59 Å². The molecular formula is C29H43IN2O8. The van der Waals surface area contributed by atoms with Gasteiger partial charge in [0.05, 0.1) is 29.9 Å². The maximum Gasteiger partial charge on any atom is 0.247 e. The van der Waals surface area contributed by atoms with Crippen molar-refractivity contribution in [1.29, 1.82) is 0 Å². The predicted molar refractivity (Wildman–Crippen MR) is 158 cm³/mol. The Balaban J connectivity index is 1.94. The zero-order valence-electron chi connectivity index (χ0n) is 23.4. The van der Waals surface area contributed by atoms with Gasteiger partial charge in [-0.1, -0.05) is 12.8 Å². The van der Waals surface area contributed by atoms with E-state index in [1.165, 1.54) is 7.11 Å². The van der Waals surface area contributed by atoms with Crippen LogP contribution in [0.3, 0.4) is 0 Å². The molecule has 10 nitrogen and oxygen atoms in total. The van der Waals surface area contributed by atoms with Gasteiger partial charge in [0.2, 0.25) is 11.8 Å². The highest BCUT2D eigenvalue weighted by atomic mass is 127. The van der Waals surface area contributed by atoms with E-state index in [4.69, 9.17) is 14.2 Å². The van der Waals surface area contributed by atoms with Gasteiger partial charge in [0, 0.05) is 44.7 Å². The largest absolute Gasteiger partial charge is 0.493 e. The molecule has 2 aliphatic rings. The number of nitrogens with zero attached hydrogens (tertiary/aromatic N) is 1. The number of carbonyl (C=O) groups excluding carboxylic acids is 2. The quantitative estimate of drug-likeness (QED) is 0.165. The Kier molecular flexibility index (Phi) is 13.4. The van der Waals surface area contributed by atoms with Crippen molar-refractivity contribution in [3.8, 4) is 11.5 Å². The van der Waals surface area contributed by atoms with Gasteiger partial charge in [-0.25, -0.2) is 0 Å². The average molecular weight is 675 g/mol. The average Bonchev–Trinajstić information content (AvgIpc) is 3.46. The summed E-state index contributed by atoms with van der Waals surface area (Å²) >= 11 is 2.08. The van der Waals surface area contributed by atoms with E-state index in [0.717, 1.165) is 25.7 Å². The second-order valence-corrected chi connectivity index (χ2v) is 11.4. The van der Waals surface area contributed by atoms with Gasteiger partial charge in [-0.05, 0) is 78.5 Å². The summed E-state index contributed by atoms with van der Waals surface area (Å²) in [4.78, 5) is 28.4. The number of hydrogen-bond donors (Lipinski definition) is 4. The molecule has 11 heteroatoms. The molecule has 4 N–H and O–H groups in total. The number of nitrogens with one attached hydrogen (secondary N) is 1. The van der Waals surface area contributed by atoms with Crippen LogP contribution in [-0.2, 0) is 20.9 Å². The van der Waals surface area contributed by atoms with Crippen LogP contribution in [0.4, 0.5) is 0 Å². The second kappa shape index (κ2) is 16.5. The lowest BCUT2D eigenvalue weighted by Crippen LogP contribution is -2.55. The molecule has 1 fully saturated rings. The molecule has 1 aromatic carbocycles. The SMILES string of the molecule is CCOCCCN(C(=O)CC1CCCC1)C1CC(C(=O)NCCO)=CC(Oc2c(I)cc(CO)cc2OC)C1O. The molecule has 3 atom stereocenters. The Morgan fingerprint density at radius 3 is 2.60 bits per heavy atom. The number of ether oxygens (including phenoxy) is 3. The van der Waals surface area contributed by atoms with Gasteiger partial charge in [-0.2, -0.15) is 0 Å². The molecule has 40 heavy (non-hydrogen) atoms. The number of methoxy groups -OCH3 is 1. The first-order valence-corrected chi connectivity index (χ1v) is 15.2. The highest BCUT2D eigenvalue weighted by Crippen LogP contribution is 2.37. The van der Waals surface area contributed by atoms with E-state index >= 15 is 0 Å². The number of benzene rings is 1. The number of aliphatic hydroxyl groups is 3. The minimum absolute atomic E-state index is 0.0392. The fourth-order valence-electron chi connectivity index (χ4n) is 5.43. The van der Waals surface area contributed by atoms with Crippen LogP contribution in [0.2, 0.25) is 0 Å². The van der Waals surface area contributed by atoms with E-state index in [1.54, 1.807) is 23.1 Å². The summed E-state index contributed by atoms with van der Waals surface area (Å²) in [6, 6.07) is 2.73. The normalized spacial score (nSPS) is 21.1. The topological polar surface area (TPSA) is 138 Å². The van der Waals surface area contributed by atoms with E-state index in [-0.39, 0.29) is 38.0 Å². The summed E-state index contributed by atoms with van der Waals surface area (Å²) in [6.45, 7) is 3.07. The first-order chi connectivity index (χ1) is 19.3. The molecule has 2 aliphatic carbocycles. The van der Waals surface area contributed by atoms with E-state index in [2.05, 4.69) is 27.9 Å². The maximum absolute atomic E-state index is 13.7. The van der Waals surface area contributed by atoms with Crippen molar-refractivity contribution in [3.05, 3.63) is 32.9 Å². The molecule has 1 saturated carbocycles. The van der Waals surface area contributed by atoms with E-state index in [1.807, 2.05) is 6.92 Å². The van der Waals surface area contributed by atoms with E-state index in [9.17, 15) is 24.9 Å². The lowest BCUT2D eigenvalue weighted by atomic mass is 9.87. The Labute approximate surface area is 250 Å². The third kappa shape index (κ3) is 8.78. The van der Waals surface area contributed by atoms with Gasteiger partial charge >= 0.3 is 0 Å². The summed E-state index contributed by atoms with van der Waals surface area (Å²) < 4.78 is 18.0. The van der Waals surface area contributed by atoms with Crippen LogP contribution in [0.5, 0.6) is 11.5 Å². The summed E-state index contributed by atoms with van der Waals surface area (Å²) in [5.74, 6) is 0.665. The molecule has 2 amide bonds. The van der Waals surface area contributed by atoms with Crippen LogP contribution < -0.4 is 14.8 Å². The predicted octanol–water partition coefficient (Wildman–Crippen LogP) is 2.54. The summed E-state index contributed by atoms with van der Waals surface area (Å²) in [6.07, 6.45) is 4.97. The summed E-state index contributed by atoms with van der Waals surface area (Å²) in [5, 5.41) is 33.2. The standard InChI is InChI=1S/C29H43IN2O8/c1-3-39-12-6-10-32(26(35)15-19-7-4-5-8-19)23-16-21(29(37)31-9-11-33)17-24(27(23)36)40-28-22(30)13-20(18-34)14-25(28)38-2/h13-14,17,19,23-24,27,33-34,36H,3-12,15-16,18H2,1-2H3,(H,31,37). The van der Waals surface area contributed by atoms with Crippen molar-refractivity contribution in [2.75, 3.05) is 40.0 Å². The van der Waals surface area contributed by atoms with Crippen LogP contribution in [0.25, 0.3) is 0 Å². The minimum Gasteiger partial charge on any atom is -0.493 e. The molecule has 0 heterocycles. The zero-order valence-corrected chi connectivity index (χ0v) is 25.6. The molecule has 1 aromatic rings. The number of hydrogen-bond acceptors (Lipinski definition) is 8. The molecular weight excluding hydrogens is 631 g/mol. The van der Waals surface area contributed by atoms with E-state index < -0.39 is 18.2 Å². The van der Waals surface area contributed by atoms with Crippen molar-refractivity contribution >= 4 is 34.4 Å². The third-order valence-corrected chi connectivity index (χ3v) is 8.29. The monoisotopic (exact) mass is 674 g/mol. The van der Waals surface area contributed by atoms with Gasteiger partial charge in [0.1, 0.15) is 12.2 Å². The van der Waals surface area contributed by atoms with Gasteiger partial charge in [0.25, 0.3) is 0 Å². The van der Waals surface area contributed by atoms with Crippen LogP contribution in [-0.4, -0.2) is 90.3 Å². The lowest BCUT2D eigenvalue weighted by Gasteiger charge is -2.41. The highest BCUT2D eigenvalue weighted by molar-refractivity contribution is 14.1. The van der Waals surface area contributed by atoms with Crippen molar-refractivity contribution in [3.63, 3.8) is 0 Å². The molecule has 3 rings (SSSR count). The fourth-order valence-corrected chi connectivity index (χ4v) is 6.22. The number of aliphatic hydroxyl groups excluding tert-OH is 3. The molecule has 0 aromatic heterocycles. The number of carbonyl (C=O) groups is 2. The third-order valence-electron chi connectivity index (χ3n) is 7.49. The second-order valence-electron chi connectivity index (χ2n) is 10.3. The maximum atomic E-state index is 13.7. The number of rotatable bonds is 15. The molecule has 0 aliphatic heterocycles. The van der Waals surface area contributed by atoms with Crippen molar-refractivity contribution in [2.45, 2.75) is 76.7 Å². The smallest absolute Gasteiger partial charge is 0.247 e. The van der Waals surface area contributed by atoms with Crippen molar-refractivity contribution < 1.29 is 39.1 Å². The van der Waals surface area contributed by atoms with Crippen molar-refractivity contribution in [2.24, 2.45) is 5.92 Å². The molecule has 0 radical (unpaired) electrons. The number of amides is 2. The minimum atomic E-state index is -1.12. The van der Waals surface area contributed by atoms with Crippen LogP contribution in [0.1, 0.15) is 57.4 Å². The summed E-state index contributed by atoms with van der Waals surface area (Å²) in [5.41, 5.74) is 1.02. The first kappa shape index (κ1) is 32.6. The van der Waals surface area contributed by atoms with Crippen molar-refractivity contribution in [1.82, 2.24) is 10.2 Å². The highest BCUT2D eigenvalue weighted by Gasteiger charge is 2.41. The van der Waals surface area contributed by atoms with Gasteiger partial charge in [-0.15, -0.1) is 0 Å². The van der Waals surface area contributed by atoms with Crippen LogP contribution in [0, 0.1) is 9.49 Å². The van der Waals surface area contributed by atoms with Gasteiger partial charge in [0.15, 0.2) is 11.5 Å². The van der Waals surface area contributed by atoms with Crippen LogP contribution >= 0.6 is 22.6 Å². The Hall–Kier alpha value is -1.93. The lowest BCUT2D eigenvalue weighted by molar-refractivity contribution is -0.139. The fraction of sp³-hybridized carbons (Fsp3) is 0.655. The zero-order chi connectivity index (χ0) is 29.1. The molecule has 0 saturated heterocycles. The molecule has 3 unspecified atom stereocenters. The Morgan fingerprint density at radius 2 is 1.95 bits per heavy atom. The number of halogens is 1.